The summed E-state index contributed by atoms with van der Waals surface area (Å²) in [5, 5.41) is 3.63. The minimum Gasteiger partial charge on any atom is -0.397 e. The van der Waals surface area contributed by atoms with E-state index in [0.29, 0.717) is 16.4 Å². The van der Waals surface area contributed by atoms with Gasteiger partial charge in [-0.1, -0.05) is 23.7 Å². The van der Waals surface area contributed by atoms with Crippen LogP contribution in [0, 0.1) is 5.82 Å². The first-order valence-electron chi connectivity index (χ1n) is 4.73. The molecule has 0 aliphatic carbocycles. The highest BCUT2D eigenvalue weighted by molar-refractivity contribution is 6.33. The molecule has 2 rings (SSSR count). The van der Waals surface area contributed by atoms with Crippen LogP contribution in [-0.4, -0.2) is 0 Å². The molecular weight excluding hydrogens is 227 g/mol. The average molecular weight is 237 g/mol. The molecule has 0 saturated heterocycles. The van der Waals surface area contributed by atoms with Gasteiger partial charge in [-0.3, -0.25) is 0 Å². The second-order valence-corrected chi connectivity index (χ2v) is 3.74. The standard InChI is InChI=1S/C12H10ClFN2/c13-9-3-1-2-4-11(9)16-12-6-5-8(14)7-10(12)15/h1-7,16H,15H2. The van der Waals surface area contributed by atoms with Gasteiger partial charge in [0.2, 0.25) is 0 Å². The summed E-state index contributed by atoms with van der Waals surface area (Å²) < 4.78 is 12.8. The summed E-state index contributed by atoms with van der Waals surface area (Å²) in [6.45, 7) is 0. The van der Waals surface area contributed by atoms with Crippen molar-refractivity contribution < 1.29 is 4.39 Å². The number of nitrogen functional groups attached to an aromatic ring is 1. The van der Waals surface area contributed by atoms with Crippen LogP contribution in [-0.2, 0) is 0 Å². The van der Waals surface area contributed by atoms with Crippen molar-refractivity contribution in [3.8, 4) is 0 Å². The molecule has 0 atom stereocenters. The fourth-order valence-electron chi connectivity index (χ4n) is 1.36. The van der Waals surface area contributed by atoms with E-state index in [1.165, 1.54) is 12.1 Å². The Morgan fingerprint density at radius 3 is 2.50 bits per heavy atom. The zero-order valence-corrected chi connectivity index (χ0v) is 9.13. The number of nitrogens with two attached hydrogens (primary N) is 1. The van der Waals surface area contributed by atoms with Crippen LogP contribution in [0.4, 0.5) is 21.5 Å². The van der Waals surface area contributed by atoms with E-state index in [-0.39, 0.29) is 5.82 Å². The summed E-state index contributed by atoms with van der Waals surface area (Å²) in [5.41, 5.74) is 7.39. The maximum atomic E-state index is 12.8. The van der Waals surface area contributed by atoms with Gasteiger partial charge in [-0.15, -0.1) is 0 Å². The monoisotopic (exact) mass is 236 g/mol. The van der Waals surface area contributed by atoms with Gasteiger partial charge in [-0.05, 0) is 30.3 Å². The third kappa shape index (κ3) is 2.25. The Kier molecular flexibility index (Phi) is 2.97. The van der Waals surface area contributed by atoms with E-state index in [9.17, 15) is 4.39 Å². The first-order chi connectivity index (χ1) is 7.66. The van der Waals surface area contributed by atoms with Gasteiger partial charge in [-0.2, -0.15) is 0 Å². The Balaban J connectivity index is 2.31. The summed E-state index contributed by atoms with van der Waals surface area (Å²) in [6.07, 6.45) is 0. The summed E-state index contributed by atoms with van der Waals surface area (Å²) >= 11 is 5.98. The highest BCUT2D eigenvalue weighted by atomic mass is 35.5. The Morgan fingerprint density at radius 2 is 1.81 bits per heavy atom. The van der Waals surface area contributed by atoms with Crippen molar-refractivity contribution in [1.29, 1.82) is 0 Å². The van der Waals surface area contributed by atoms with Crippen LogP contribution in [0.2, 0.25) is 5.02 Å². The van der Waals surface area contributed by atoms with Crippen LogP contribution in [0.25, 0.3) is 0 Å². The number of benzene rings is 2. The number of hydrogen-bond acceptors (Lipinski definition) is 2. The van der Waals surface area contributed by atoms with E-state index in [0.717, 1.165) is 5.69 Å². The quantitative estimate of drug-likeness (QED) is 0.779. The molecule has 82 valence electrons. The Morgan fingerprint density at radius 1 is 1.06 bits per heavy atom. The van der Waals surface area contributed by atoms with Crippen LogP contribution in [0.5, 0.6) is 0 Å². The molecule has 16 heavy (non-hydrogen) atoms. The first kappa shape index (κ1) is 10.8. The van der Waals surface area contributed by atoms with Gasteiger partial charge in [0.1, 0.15) is 5.82 Å². The van der Waals surface area contributed by atoms with E-state index in [1.54, 1.807) is 12.1 Å². The number of halogens is 2. The molecule has 4 heteroatoms. The van der Waals surface area contributed by atoms with Gasteiger partial charge in [0.15, 0.2) is 0 Å². The van der Waals surface area contributed by atoms with Crippen molar-refractivity contribution >= 4 is 28.7 Å². The zero-order valence-electron chi connectivity index (χ0n) is 8.37. The van der Waals surface area contributed by atoms with E-state index in [1.807, 2.05) is 18.2 Å². The molecule has 0 bridgehead atoms. The third-order valence-corrected chi connectivity index (χ3v) is 2.49. The lowest BCUT2D eigenvalue weighted by molar-refractivity contribution is 0.628. The maximum absolute atomic E-state index is 12.8. The van der Waals surface area contributed by atoms with Gasteiger partial charge < -0.3 is 11.1 Å². The molecule has 0 radical (unpaired) electrons. The predicted molar refractivity (Wildman–Crippen MR) is 65.5 cm³/mol. The molecule has 0 heterocycles. The molecule has 0 aliphatic heterocycles. The van der Waals surface area contributed by atoms with E-state index in [2.05, 4.69) is 5.32 Å². The van der Waals surface area contributed by atoms with Gasteiger partial charge >= 0.3 is 0 Å². The van der Waals surface area contributed by atoms with Crippen LogP contribution in [0.1, 0.15) is 0 Å². The van der Waals surface area contributed by atoms with Crippen LogP contribution in [0.3, 0.4) is 0 Å². The lowest BCUT2D eigenvalue weighted by Crippen LogP contribution is -1.97. The van der Waals surface area contributed by atoms with Crippen molar-refractivity contribution in [3.05, 3.63) is 53.3 Å². The smallest absolute Gasteiger partial charge is 0.125 e. The zero-order chi connectivity index (χ0) is 11.5. The Bertz CT molecular complexity index is 514. The molecular formula is C12H10ClFN2. The molecule has 2 aromatic carbocycles. The molecule has 0 spiro atoms. The van der Waals surface area contributed by atoms with Crippen LogP contribution < -0.4 is 11.1 Å². The largest absolute Gasteiger partial charge is 0.397 e. The lowest BCUT2D eigenvalue weighted by atomic mass is 10.2. The number of para-hydroxylation sites is 1. The fraction of sp³-hybridized carbons (Fsp3) is 0. The van der Waals surface area contributed by atoms with Crippen molar-refractivity contribution in [1.82, 2.24) is 0 Å². The summed E-state index contributed by atoms with van der Waals surface area (Å²) in [5.74, 6) is -0.359. The maximum Gasteiger partial charge on any atom is 0.125 e. The van der Waals surface area contributed by atoms with E-state index >= 15 is 0 Å². The predicted octanol–water partition coefficient (Wildman–Crippen LogP) is 3.80. The third-order valence-electron chi connectivity index (χ3n) is 2.16. The van der Waals surface area contributed by atoms with Gasteiger partial charge in [0.25, 0.3) is 0 Å². The van der Waals surface area contributed by atoms with E-state index < -0.39 is 0 Å². The number of rotatable bonds is 2. The highest BCUT2D eigenvalue weighted by Gasteiger charge is 2.03. The molecule has 0 amide bonds. The molecule has 2 aromatic rings. The van der Waals surface area contributed by atoms with Crippen molar-refractivity contribution in [2.24, 2.45) is 0 Å². The summed E-state index contributed by atoms with van der Waals surface area (Å²) in [4.78, 5) is 0. The Hall–Kier alpha value is -1.74. The molecule has 0 fully saturated rings. The lowest BCUT2D eigenvalue weighted by Gasteiger charge is -2.10. The molecule has 3 N–H and O–H groups in total. The van der Waals surface area contributed by atoms with Gasteiger partial charge in [-0.25, -0.2) is 4.39 Å². The molecule has 0 saturated carbocycles. The fourth-order valence-corrected chi connectivity index (χ4v) is 1.54. The van der Waals surface area contributed by atoms with Crippen molar-refractivity contribution in [2.45, 2.75) is 0 Å². The minimum absolute atomic E-state index is 0.347. The molecule has 0 aromatic heterocycles. The highest BCUT2D eigenvalue weighted by Crippen LogP contribution is 2.28. The average Bonchev–Trinajstić information content (AvgIpc) is 2.25. The first-order valence-corrected chi connectivity index (χ1v) is 5.11. The van der Waals surface area contributed by atoms with Crippen LogP contribution >= 0.6 is 11.6 Å². The van der Waals surface area contributed by atoms with Gasteiger partial charge in [0, 0.05) is 0 Å². The van der Waals surface area contributed by atoms with Gasteiger partial charge in [0.05, 0.1) is 22.1 Å². The normalized spacial score (nSPS) is 10.1. The van der Waals surface area contributed by atoms with E-state index in [4.69, 9.17) is 17.3 Å². The number of nitrogens with one attached hydrogen (secondary N) is 1. The number of anilines is 3. The molecule has 0 aliphatic rings. The number of hydrogen-bond donors (Lipinski definition) is 2. The summed E-state index contributed by atoms with van der Waals surface area (Å²) in [6, 6.07) is 11.5. The van der Waals surface area contributed by atoms with Crippen molar-refractivity contribution in [3.63, 3.8) is 0 Å². The second-order valence-electron chi connectivity index (χ2n) is 3.34. The second kappa shape index (κ2) is 4.41. The SMILES string of the molecule is Nc1cc(F)ccc1Nc1ccccc1Cl. The molecule has 2 nitrogen and oxygen atoms in total. The van der Waals surface area contributed by atoms with Crippen molar-refractivity contribution in [2.75, 3.05) is 11.1 Å². The topological polar surface area (TPSA) is 38.0 Å². The van der Waals surface area contributed by atoms with Crippen LogP contribution in [0.15, 0.2) is 42.5 Å². The summed E-state index contributed by atoms with van der Waals surface area (Å²) in [7, 11) is 0. The Labute approximate surface area is 97.8 Å². The minimum atomic E-state index is -0.359. The molecule has 0 unspecified atom stereocenters.